The van der Waals surface area contributed by atoms with Gasteiger partial charge in [0.15, 0.2) is 0 Å². The Balaban J connectivity index is 1.34. The van der Waals surface area contributed by atoms with Gasteiger partial charge in [0.2, 0.25) is 11.8 Å². The number of amides is 3. The van der Waals surface area contributed by atoms with E-state index in [1.165, 1.54) is 6.42 Å². The number of carbonyl (C=O) groups excluding carboxylic acids is 3. The Morgan fingerprint density at radius 1 is 0.935 bits per heavy atom. The summed E-state index contributed by atoms with van der Waals surface area (Å²) in [6, 6.07) is 11.0. The highest BCUT2D eigenvalue weighted by atomic mass is 16.2. The summed E-state index contributed by atoms with van der Waals surface area (Å²) in [4.78, 5) is 39.6. The van der Waals surface area contributed by atoms with Gasteiger partial charge in [0, 0.05) is 41.6 Å². The third-order valence-corrected chi connectivity index (χ3v) is 6.44. The van der Waals surface area contributed by atoms with Crippen LogP contribution in [0.2, 0.25) is 0 Å². The van der Waals surface area contributed by atoms with Crippen molar-refractivity contribution in [3.8, 4) is 0 Å². The molecule has 2 heterocycles. The van der Waals surface area contributed by atoms with Crippen LogP contribution in [0.25, 0.3) is 0 Å². The van der Waals surface area contributed by atoms with Gasteiger partial charge in [-0.25, -0.2) is 0 Å². The lowest BCUT2D eigenvalue weighted by Crippen LogP contribution is -2.38. The van der Waals surface area contributed by atoms with Crippen molar-refractivity contribution in [2.24, 2.45) is 5.92 Å². The van der Waals surface area contributed by atoms with Crippen molar-refractivity contribution in [3.63, 3.8) is 0 Å². The third kappa shape index (κ3) is 4.65. The number of anilines is 1. The Hall–Kier alpha value is -3.09. The van der Waals surface area contributed by atoms with Gasteiger partial charge < -0.3 is 10.2 Å². The van der Waals surface area contributed by atoms with Crippen LogP contribution in [0.15, 0.2) is 36.4 Å². The predicted octanol–water partition coefficient (Wildman–Crippen LogP) is 3.61. The van der Waals surface area contributed by atoms with Crippen molar-refractivity contribution >= 4 is 23.4 Å². The molecule has 4 rings (SSSR count). The van der Waals surface area contributed by atoms with Crippen LogP contribution < -0.4 is 10.7 Å². The van der Waals surface area contributed by atoms with Crippen molar-refractivity contribution in [1.29, 1.82) is 0 Å². The molecule has 1 aromatic heterocycles. The topological polar surface area (TPSA) is 83.4 Å². The summed E-state index contributed by atoms with van der Waals surface area (Å²) < 4.78 is 1.74. The highest BCUT2D eigenvalue weighted by molar-refractivity contribution is 6.01. The summed E-state index contributed by atoms with van der Waals surface area (Å²) >= 11 is 0. The minimum Gasteiger partial charge on any atom is -0.339 e. The number of nitrogens with zero attached hydrogens (tertiary/aromatic N) is 2. The molecule has 1 saturated carbocycles. The molecule has 0 unspecified atom stereocenters. The Bertz CT molecular complexity index is 954. The van der Waals surface area contributed by atoms with Crippen LogP contribution >= 0.6 is 0 Å². The number of benzene rings is 1. The predicted molar refractivity (Wildman–Crippen MR) is 119 cm³/mol. The van der Waals surface area contributed by atoms with Gasteiger partial charge in [0.05, 0.1) is 5.92 Å². The van der Waals surface area contributed by atoms with Gasteiger partial charge in [-0.15, -0.1) is 0 Å². The quantitative estimate of drug-likeness (QED) is 0.772. The molecule has 3 amide bonds. The van der Waals surface area contributed by atoms with E-state index in [0.29, 0.717) is 23.8 Å². The fourth-order valence-electron chi connectivity index (χ4n) is 4.61. The molecule has 31 heavy (non-hydrogen) atoms. The summed E-state index contributed by atoms with van der Waals surface area (Å²) in [6.07, 6.45) is 5.93. The smallest absolute Gasteiger partial charge is 0.270 e. The SMILES string of the molecule is Cc1ccc(C)n1NC(=O)c1ccc(NC(=O)[C@@H]2CC(=O)N(C3CCCCC3)C2)cc1. The van der Waals surface area contributed by atoms with Gasteiger partial charge in [0.1, 0.15) is 0 Å². The normalized spacial score (nSPS) is 19.5. The zero-order valence-corrected chi connectivity index (χ0v) is 18.2. The molecular formula is C24H30N4O3. The van der Waals surface area contributed by atoms with E-state index in [0.717, 1.165) is 37.1 Å². The molecule has 2 fully saturated rings. The summed E-state index contributed by atoms with van der Waals surface area (Å²) in [6.45, 7) is 4.36. The average molecular weight is 423 g/mol. The molecule has 164 valence electrons. The van der Waals surface area contributed by atoms with Gasteiger partial charge in [-0.1, -0.05) is 19.3 Å². The highest BCUT2D eigenvalue weighted by Crippen LogP contribution is 2.29. The molecule has 1 saturated heterocycles. The van der Waals surface area contributed by atoms with Gasteiger partial charge in [-0.2, -0.15) is 0 Å². The third-order valence-electron chi connectivity index (χ3n) is 6.44. The minimum atomic E-state index is -0.322. The monoisotopic (exact) mass is 422 g/mol. The molecule has 0 radical (unpaired) electrons. The Morgan fingerprint density at radius 2 is 1.58 bits per heavy atom. The van der Waals surface area contributed by atoms with E-state index < -0.39 is 0 Å². The van der Waals surface area contributed by atoms with E-state index in [1.54, 1.807) is 28.9 Å². The van der Waals surface area contributed by atoms with Crippen LogP contribution in [0, 0.1) is 19.8 Å². The molecule has 0 bridgehead atoms. The molecule has 2 N–H and O–H groups in total. The van der Waals surface area contributed by atoms with Gasteiger partial charge >= 0.3 is 0 Å². The maximum absolute atomic E-state index is 12.7. The van der Waals surface area contributed by atoms with Gasteiger partial charge in [-0.3, -0.25) is 24.5 Å². The Morgan fingerprint density at radius 3 is 2.23 bits per heavy atom. The first-order chi connectivity index (χ1) is 14.9. The lowest BCUT2D eigenvalue weighted by atomic mass is 9.94. The van der Waals surface area contributed by atoms with Crippen molar-refractivity contribution in [2.45, 2.75) is 58.4 Å². The largest absolute Gasteiger partial charge is 0.339 e. The molecule has 2 aromatic rings. The molecule has 7 heteroatoms. The number of aryl methyl sites for hydroxylation is 2. The zero-order valence-electron chi connectivity index (χ0n) is 18.2. The van der Waals surface area contributed by atoms with E-state index >= 15 is 0 Å². The number of carbonyl (C=O) groups is 3. The number of nitrogens with one attached hydrogen (secondary N) is 2. The first kappa shape index (κ1) is 21.2. The molecule has 1 aliphatic heterocycles. The molecule has 7 nitrogen and oxygen atoms in total. The summed E-state index contributed by atoms with van der Waals surface area (Å²) in [5, 5.41) is 2.90. The maximum atomic E-state index is 12.7. The number of hydrogen-bond donors (Lipinski definition) is 2. The Labute approximate surface area is 182 Å². The molecule has 1 aromatic carbocycles. The van der Waals surface area contributed by atoms with Crippen molar-refractivity contribution in [1.82, 2.24) is 9.58 Å². The first-order valence-corrected chi connectivity index (χ1v) is 11.1. The lowest BCUT2D eigenvalue weighted by Gasteiger charge is -2.31. The van der Waals surface area contributed by atoms with Crippen LogP contribution in [0.1, 0.15) is 60.3 Å². The Kier molecular flexibility index (Phi) is 6.11. The van der Waals surface area contributed by atoms with E-state index in [4.69, 9.17) is 0 Å². The second-order valence-corrected chi connectivity index (χ2v) is 8.70. The first-order valence-electron chi connectivity index (χ1n) is 11.1. The van der Waals surface area contributed by atoms with Crippen molar-refractivity contribution in [3.05, 3.63) is 53.3 Å². The molecule has 0 spiro atoms. The molecule has 1 aliphatic carbocycles. The maximum Gasteiger partial charge on any atom is 0.270 e. The fourth-order valence-corrected chi connectivity index (χ4v) is 4.61. The van der Waals surface area contributed by atoms with Crippen LogP contribution in [-0.2, 0) is 9.59 Å². The highest BCUT2D eigenvalue weighted by Gasteiger charge is 2.38. The van der Waals surface area contributed by atoms with Gasteiger partial charge in [-0.05, 0) is 63.1 Å². The number of likely N-dealkylation sites (tertiary alicyclic amines) is 1. The van der Waals surface area contributed by atoms with Crippen LogP contribution in [0.3, 0.4) is 0 Å². The van der Waals surface area contributed by atoms with E-state index in [1.807, 2.05) is 30.9 Å². The fraction of sp³-hybridized carbons (Fsp3) is 0.458. The second kappa shape index (κ2) is 8.96. The summed E-state index contributed by atoms with van der Waals surface area (Å²) in [5.41, 5.74) is 5.89. The summed E-state index contributed by atoms with van der Waals surface area (Å²) in [7, 11) is 0. The minimum absolute atomic E-state index is 0.0923. The van der Waals surface area contributed by atoms with Crippen LogP contribution in [0.5, 0.6) is 0 Å². The standard InChI is InChI=1S/C24H30N4O3/c1-16-8-9-17(2)28(16)26-24(31)18-10-12-20(13-11-18)25-23(30)19-14-22(29)27(15-19)21-6-4-3-5-7-21/h8-13,19,21H,3-7,14-15H2,1-2H3,(H,25,30)(H,26,31)/t19-/m1/s1. The average Bonchev–Trinajstić information content (AvgIpc) is 3.32. The van der Waals surface area contributed by atoms with Crippen molar-refractivity contribution in [2.75, 3.05) is 17.3 Å². The molecular weight excluding hydrogens is 392 g/mol. The van der Waals surface area contributed by atoms with E-state index in [9.17, 15) is 14.4 Å². The van der Waals surface area contributed by atoms with Crippen molar-refractivity contribution < 1.29 is 14.4 Å². The summed E-state index contributed by atoms with van der Waals surface area (Å²) in [5.74, 6) is -0.584. The second-order valence-electron chi connectivity index (χ2n) is 8.70. The number of aromatic nitrogens is 1. The number of rotatable bonds is 5. The number of hydrogen-bond acceptors (Lipinski definition) is 3. The zero-order chi connectivity index (χ0) is 22.0. The molecule has 1 atom stereocenters. The van der Waals surface area contributed by atoms with Crippen LogP contribution in [0.4, 0.5) is 5.69 Å². The lowest BCUT2D eigenvalue weighted by molar-refractivity contribution is -0.130. The molecule has 2 aliphatic rings. The van der Waals surface area contributed by atoms with Gasteiger partial charge in [0.25, 0.3) is 5.91 Å². The van der Waals surface area contributed by atoms with E-state index in [2.05, 4.69) is 10.7 Å². The van der Waals surface area contributed by atoms with E-state index in [-0.39, 0.29) is 30.1 Å². The van der Waals surface area contributed by atoms with Crippen LogP contribution in [-0.4, -0.2) is 39.9 Å².